The highest BCUT2D eigenvalue weighted by atomic mass is 16.6. The molecule has 0 atom stereocenters. The first-order chi connectivity index (χ1) is 12.0. The molecule has 1 aromatic heterocycles. The van der Waals surface area contributed by atoms with Gasteiger partial charge in [-0.25, -0.2) is 0 Å². The molecule has 8 nitrogen and oxygen atoms in total. The van der Waals surface area contributed by atoms with Crippen LogP contribution >= 0.6 is 0 Å². The predicted octanol–water partition coefficient (Wildman–Crippen LogP) is 2.24. The molecule has 8 heteroatoms. The number of hydrogen-bond donors (Lipinski definition) is 1. The molecule has 0 saturated carbocycles. The number of carbonyl (C=O) groups excluding carboxylic acids is 2. The second-order valence-corrected chi connectivity index (χ2v) is 5.77. The minimum Gasteiger partial charge on any atom is -0.395 e. The first-order valence-electron chi connectivity index (χ1n) is 7.91. The molecule has 0 aliphatic carbocycles. The van der Waals surface area contributed by atoms with Crippen molar-refractivity contribution in [2.75, 3.05) is 6.54 Å². The van der Waals surface area contributed by atoms with E-state index in [9.17, 15) is 19.7 Å². The molecular formula is C17H17N3O5. The number of likely N-dealkylation sites (tertiary alicyclic amines) is 1. The zero-order valence-electron chi connectivity index (χ0n) is 13.4. The van der Waals surface area contributed by atoms with Gasteiger partial charge in [0.05, 0.1) is 6.07 Å². The first-order valence-corrected chi connectivity index (χ1v) is 7.91. The number of nitro groups is 1. The SMILES string of the molecule is O=C(NCc1ccccc1CN1CCCC1=O)c1ccc([N+](=O)[O-])o1. The normalized spacial score (nSPS) is 13.9. The third kappa shape index (κ3) is 3.85. The van der Waals surface area contributed by atoms with Crippen LogP contribution in [0, 0.1) is 10.1 Å². The second kappa shape index (κ2) is 7.16. The quantitative estimate of drug-likeness (QED) is 0.639. The smallest absolute Gasteiger partial charge is 0.395 e. The number of rotatable bonds is 6. The molecule has 1 N–H and O–H groups in total. The summed E-state index contributed by atoms with van der Waals surface area (Å²) in [4.78, 5) is 35.6. The van der Waals surface area contributed by atoms with Crippen molar-refractivity contribution in [1.82, 2.24) is 10.2 Å². The Balaban J connectivity index is 1.65. The lowest BCUT2D eigenvalue weighted by Gasteiger charge is -2.18. The number of hydrogen-bond acceptors (Lipinski definition) is 5. The van der Waals surface area contributed by atoms with Crippen LogP contribution in [0.2, 0.25) is 0 Å². The number of carbonyl (C=O) groups is 2. The zero-order valence-corrected chi connectivity index (χ0v) is 13.4. The van der Waals surface area contributed by atoms with Crippen molar-refractivity contribution in [3.63, 3.8) is 0 Å². The molecule has 0 radical (unpaired) electrons. The van der Waals surface area contributed by atoms with E-state index in [4.69, 9.17) is 4.42 Å². The lowest BCUT2D eigenvalue weighted by molar-refractivity contribution is -0.402. The van der Waals surface area contributed by atoms with E-state index in [1.807, 2.05) is 24.3 Å². The van der Waals surface area contributed by atoms with Crippen LogP contribution in [0.15, 0.2) is 40.8 Å². The number of nitrogens with one attached hydrogen (secondary N) is 1. The minimum absolute atomic E-state index is 0.112. The fourth-order valence-corrected chi connectivity index (χ4v) is 2.77. The Hall–Kier alpha value is -3.16. The van der Waals surface area contributed by atoms with E-state index in [2.05, 4.69) is 5.32 Å². The average Bonchev–Trinajstić information content (AvgIpc) is 3.24. The zero-order chi connectivity index (χ0) is 17.8. The standard InChI is InChI=1S/C17H17N3O5/c21-15-6-3-9-19(15)11-13-5-2-1-4-12(13)10-18-17(22)14-7-8-16(25-14)20(23)24/h1-2,4-5,7-8H,3,6,9-11H2,(H,18,22). The van der Waals surface area contributed by atoms with Crippen LogP contribution in [0.4, 0.5) is 5.88 Å². The lowest BCUT2D eigenvalue weighted by atomic mass is 10.1. The number of furan rings is 1. The van der Waals surface area contributed by atoms with Gasteiger partial charge in [0.15, 0.2) is 5.76 Å². The maximum atomic E-state index is 12.1. The number of benzene rings is 1. The van der Waals surface area contributed by atoms with E-state index in [-0.39, 0.29) is 18.2 Å². The van der Waals surface area contributed by atoms with Gasteiger partial charge in [-0.3, -0.25) is 19.7 Å². The van der Waals surface area contributed by atoms with Gasteiger partial charge >= 0.3 is 5.88 Å². The maximum absolute atomic E-state index is 12.1. The highest BCUT2D eigenvalue weighted by Gasteiger charge is 2.21. The fourth-order valence-electron chi connectivity index (χ4n) is 2.77. The third-order valence-electron chi connectivity index (χ3n) is 4.09. The van der Waals surface area contributed by atoms with Crippen LogP contribution in [0.1, 0.15) is 34.5 Å². The summed E-state index contributed by atoms with van der Waals surface area (Å²) in [6.45, 7) is 1.50. The molecule has 0 spiro atoms. The Bertz CT molecular complexity index is 814. The molecule has 2 amide bonds. The van der Waals surface area contributed by atoms with Gasteiger partial charge < -0.3 is 14.6 Å². The molecule has 25 heavy (non-hydrogen) atoms. The summed E-state index contributed by atoms with van der Waals surface area (Å²) >= 11 is 0. The van der Waals surface area contributed by atoms with Crippen LogP contribution in [-0.4, -0.2) is 28.2 Å². The van der Waals surface area contributed by atoms with Crippen LogP contribution in [0.5, 0.6) is 0 Å². The highest BCUT2D eigenvalue weighted by Crippen LogP contribution is 2.18. The Kier molecular flexibility index (Phi) is 4.78. The molecule has 2 aromatic rings. The molecule has 0 bridgehead atoms. The minimum atomic E-state index is -0.695. The monoisotopic (exact) mass is 343 g/mol. The van der Waals surface area contributed by atoms with Gasteiger partial charge in [0, 0.05) is 26.1 Å². The summed E-state index contributed by atoms with van der Waals surface area (Å²) in [7, 11) is 0. The Labute approximate surface area is 143 Å². The molecule has 3 rings (SSSR count). The summed E-state index contributed by atoms with van der Waals surface area (Å²) in [5.74, 6) is -0.973. The lowest BCUT2D eigenvalue weighted by Crippen LogP contribution is -2.26. The van der Waals surface area contributed by atoms with Crippen molar-refractivity contribution in [3.8, 4) is 0 Å². The number of amides is 2. The largest absolute Gasteiger partial charge is 0.433 e. The average molecular weight is 343 g/mol. The van der Waals surface area contributed by atoms with Crippen LogP contribution in [-0.2, 0) is 17.9 Å². The van der Waals surface area contributed by atoms with Crippen molar-refractivity contribution < 1.29 is 18.9 Å². The molecule has 1 aromatic carbocycles. The molecule has 1 aliphatic rings. The Morgan fingerprint density at radius 2 is 2.00 bits per heavy atom. The van der Waals surface area contributed by atoms with E-state index in [1.54, 1.807) is 4.90 Å². The van der Waals surface area contributed by atoms with Crippen LogP contribution in [0.25, 0.3) is 0 Å². The van der Waals surface area contributed by atoms with Gasteiger partial charge in [-0.05, 0) is 23.6 Å². The molecule has 1 saturated heterocycles. The second-order valence-electron chi connectivity index (χ2n) is 5.77. The van der Waals surface area contributed by atoms with E-state index in [0.717, 1.165) is 30.2 Å². The molecule has 1 fully saturated rings. The van der Waals surface area contributed by atoms with E-state index in [1.165, 1.54) is 6.07 Å². The summed E-state index contributed by atoms with van der Waals surface area (Å²) in [6.07, 6.45) is 1.45. The summed E-state index contributed by atoms with van der Waals surface area (Å²) in [5, 5.41) is 13.3. The van der Waals surface area contributed by atoms with Gasteiger partial charge in [-0.2, -0.15) is 0 Å². The van der Waals surface area contributed by atoms with Crippen molar-refractivity contribution in [2.24, 2.45) is 0 Å². The Morgan fingerprint density at radius 1 is 1.24 bits per heavy atom. The third-order valence-corrected chi connectivity index (χ3v) is 4.09. The van der Waals surface area contributed by atoms with Crippen molar-refractivity contribution in [2.45, 2.75) is 25.9 Å². The van der Waals surface area contributed by atoms with Crippen LogP contribution < -0.4 is 5.32 Å². The molecular weight excluding hydrogens is 326 g/mol. The summed E-state index contributed by atoms with van der Waals surface area (Å²) in [6, 6.07) is 9.95. The Morgan fingerprint density at radius 3 is 2.64 bits per heavy atom. The van der Waals surface area contributed by atoms with Gasteiger partial charge in [0.2, 0.25) is 5.91 Å². The fraction of sp³-hybridized carbons (Fsp3) is 0.294. The predicted molar refractivity (Wildman–Crippen MR) is 87.6 cm³/mol. The van der Waals surface area contributed by atoms with E-state index in [0.29, 0.717) is 13.0 Å². The topological polar surface area (TPSA) is 106 Å². The van der Waals surface area contributed by atoms with Crippen molar-refractivity contribution >= 4 is 17.7 Å². The van der Waals surface area contributed by atoms with Crippen molar-refractivity contribution in [3.05, 3.63) is 63.4 Å². The summed E-state index contributed by atoms with van der Waals surface area (Å²) in [5.41, 5.74) is 1.85. The van der Waals surface area contributed by atoms with E-state index >= 15 is 0 Å². The van der Waals surface area contributed by atoms with Gasteiger partial charge in [-0.15, -0.1) is 0 Å². The van der Waals surface area contributed by atoms with Crippen molar-refractivity contribution in [1.29, 1.82) is 0 Å². The molecule has 0 unspecified atom stereocenters. The molecule has 130 valence electrons. The molecule has 1 aliphatic heterocycles. The van der Waals surface area contributed by atoms with E-state index < -0.39 is 16.7 Å². The van der Waals surface area contributed by atoms with Gasteiger partial charge in [-0.1, -0.05) is 24.3 Å². The van der Waals surface area contributed by atoms with Gasteiger partial charge in [0.25, 0.3) is 5.91 Å². The molecule has 2 heterocycles. The number of nitrogens with zero attached hydrogens (tertiary/aromatic N) is 2. The van der Waals surface area contributed by atoms with Crippen LogP contribution in [0.3, 0.4) is 0 Å². The highest BCUT2D eigenvalue weighted by molar-refractivity contribution is 5.91. The first kappa shape index (κ1) is 16.7. The van der Waals surface area contributed by atoms with Gasteiger partial charge in [0.1, 0.15) is 4.92 Å². The summed E-state index contributed by atoms with van der Waals surface area (Å²) < 4.78 is 4.88. The maximum Gasteiger partial charge on any atom is 0.433 e.